The zero-order chi connectivity index (χ0) is 14.4. The molecule has 0 spiro atoms. The second kappa shape index (κ2) is 6.63. The molecular weight excluding hydrogens is 250 g/mol. The number of hydrogen-bond donors (Lipinski definition) is 1. The van der Waals surface area contributed by atoms with E-state index in [2.05, 4.69) is 10.1 Å². The van der Waals surface area contributed by atoms with Crippen LogP contribution in [0.1, 0.15) is 17.3 Å². The molecule has 0 fully saturated rings. The minimum absolute atomic E-state index is 0.340. The summed E-state index contributed by atoms with van der Waals surface area (Å²) in [7, 11) is 4.25. The molecule has 0 heterocycles. The zero-order valence-corrected chi connectivity index (χ0v) is 11.4. The minimum Gasteiger partial charge on any atom is -0.497 e. The number of hydrogen-bond acceptors (Lipinski definition) is 5. The minimum atomic E-state index is -0.727. The van der Waals surface area contributed by atoms with Crippen molar-refractivity contribution in [1.29, 1.82) is 0 Å². The Morgan fingerprint density at radius 1 is 1.05 bits per heavy atom. The molecule has 6 nitrogen and oxygen atoms in total. The fraction of sp³-hybridized carbons (Fsp3) is 0.385. The summed E-state index contributed by atoms with van der Waals surface area (Å²) in [5.74, 6) is 0.0729. The first-order valence-corrected chi connectivity index (χ1v) is 5.63. The molecule has 1 amide bonds. The van der Waals surface area contributed by atoms with Crippen LogP contribution in [0, 0.1) is 0 Å². The number of nitrogens with one attached hydrogen (secondary N) is 1. The molecule has 0 bridgehead atoms. The molecule has 0 aliphatic heterocycles. The van der Waals surface area contributed by atoms with Crippen LogP contribution in [0.3, 0.4) is 0 Å². The van der Waals surface area contributed by atoms with E-state index in [9.17, 15) is 9.59 Å². The van der Waals surface area contributed by atoms with Crippen molar-refractivity contribution in [3.63, 3.8) is 0 Å². The van der Waals surface area contributed by atoms with Gasteiger partial charge < -0.3 is 19.5 Å². The largest absolute Gasteiger partial charge is 0.497 e. The summed E-state index contributed by atoms with van der Waals surface area (Å²) in [6, 6.07) is 4.04. The van der Waals surface area contributed by atoms with E-state index < -0.39 is 17.9 Å². The predicted molar refractivity (Wildman–Crippen MR) is 68.5 cm³/mol. The highest BCUT2D eigenvalue weighted by Gasteiger charge is 2.17. The highest BCUT2D eigenvalue weighted by Crippen LogP contribution is 2.22. The summed E-state index contributed by atoms with van der Waals surface area (Å²) >= 11 is 0. The summed E-state index contributed by atoms with van der Waals surface area (Å²) in [5, 5.41) is 2.52. The molecule has 0 aliphatic rings. The third-order valence-electron chi connectivity index (χ3n) is 2.52. The van der Waals surface area contributed by atoms with E-state index in [-0.39, 0.29) is 0 Å². The fourth-order valence-corrected chi connectivity index (χ4v) is 1.45. The molecule has 1 rings (SSSR count). The lowest BCUT2D eigenvalue weighted by molar-refractivity contribution is -0.142. The summed E-state index contributed by atoms with van der Waals surface area (Å²) in [4.78, 5) is 23.2. The molecule has 6 heteroatoms. The molecule has 19 heavy (non-hydrogen) atoms. The molecule has 1 atom stereocenters. The molecule has 104 valence electrons. The Kier molecular flexibility index (Phi) is 5.17. The van der Waals surface area contributed by atoms with Crippen LogP contribution in [0.25, 0.3) is 0 Å². The van der Waals surface area contributed by atoms with Crippen LogP contribution in [0.4, 0.5) is 0 Å². The van der Waals surface area contributed by atoms with E-state index in [0.717, 1.165) is 0 Å². The van der Waals surface area contributed by atoms with Crippen molar-refractivity contribution in [2.75, 3.05) is 21.3 Å². The van der Waals surface area contributed by atoms with Crippen LogP contribution in [0.2, 0.25) is 0 Å². The first-order chi connectivity index (χ1) is 9.01. The number of amides is 1. The van der Waals surface area contributed by atoms with Crippen LogP contribution < -0.4 is 14.8 Å². The number of carbonyl (C=O) groups is 2. The normalized spacial score (nSPS) is 11.4. The van der Waals surface area contributed by atoms with Gasteiger partial charge in [0.15, 0.2) is 0 Å². The Morgan fingerprint density at radius 3 is 2.00 bits per heavy atom. The Balaban J connectivity index is 2.90. The number of rotatable bonds is 5. The molecule has 0 aliphatic carbocycles. The van der Waals surface area contributed by atoms with Crippen molar-refractivity contribution in [3.8, 4) is 11.5 Å². The van der Waals surface area contributed by atoms with Gasteiger partial charge in [-0.25, -0.2) is 4.79 Å². The van der Waals surface area contributed by atoms with Crippen LogP contribution in [-0.2, 0) is 9.53 Å². The van der Waals surface area contributed by atoms with Gasteiger partial charge in [-0.15, -0.1) is 0 Å². The second-order valence-electron chi connectivity index (χ2n) is 3.82. The average Bonchev–Trinajstić information content (AvgIpc) is 2.45. The van der Waals surface area contributed by atoms with Gasteiger partial charge in [-0.05, 0) is 19.1 Å². The summed E-state index contributed by atoms with van der Waals surface area (Å²) in [6.07, 6.45) is 0. The van der Waals surface area contributed by atoms with Crippen molar-refractivity contribution < 1.29 is 23.8 Å². The number of methoxy groups -OCH3 is 3. The van der Waals surface area contributed by atoms with Gasteiger partial charge in [0.2, 0.25) is 0 Å². The van der Waals surface area contributed by atoms with Crippen LogP contribution in [-0.4, -0.2) is 39.2 Å². The SMILES string of the molecule is COC(=O)C(C)NC(=O)c1cc(OC)cc(OC)c1. The smallest absolute Gasteiger partial charge is 0.328 e. The Morgan fingerprint density at radius 2 is 1.58 bits per heavy atom. The molecule has 0 aromatic heterocycles. The fourth-order valence-electron chi connectivity index (χ4n) is 1.45. The number of benzene rings is 1. The zero-order valence-electron chi connectivity index (χ0n) is 11.4. The number of carbonyl (C=O) groups excluding carboxylic acids is 2. The third-order valence-corrected chi connectivity index (χ3v) is 2.52. The average molecular weight is 267 g/mol. The van der Waals surface area contributed by atoms with Crippen molar-refractivity contribution in [1.82, 2.24) is 5.32 Å². The second-order valence-corrected chi connectivity index (χ2v) is 3.82. The molecule has 0 radical (unpaired) electrons. The summed E-state index contributed by atoms with van der Waals surface area (Å²) in [5.41, 5.74) is 0.340. The lowest BCUT2D eigenvalue weighted by Crippen LogP contribution is -2.39. The Bertz CT molecular complexity index is 450. The third kappa shape index (κ3) is 3.87. The van der Waals surface area contributed by atoms with E-state index in [0.29, 0.717) is 17.1 Å². The Labute approximate surface area is 111 Å². The predicted octanol–water partition coefficient (Wildman–Crippen LogP) is 0.995. The van der Waals surface area contributed by atoms with Gasteiger partial charge in [0.1, 0.15) is 17.5 Å². The molecule has 1 aromatic carbocycles. The summed E-state index contributed by atoms with van der Waals surface area (Å²) < 4.78 is 14.7. The maximum atomic E-state index is 12.0. The lowest BCUT2D eigenvalue weighted by Gasteiger charge is -2.13. The van der Waals surface area contributed by atoms with Crippen molar-refractivity contribution in [2.45, 2.75) is 13.0 Å². The van der Waals surface area contributed by atoms with Crippen molar-refractivity contribution in [3.05, 3.63) is 23.8 Å². The standard InChI is InChI=1S/C13H17NO5/c1-8(13(16)19-4)14-12(15)9-5-10(17-2)7-11(6-9)18-3/h5-8H,1-4H3,(H,14,15). The highest BCUT2D eigenvalue weighted by atomic mass is 16.5. The number of ether oxygens (including phenoxy) is 3. The molecule has 1 unspecified atom stereocenters. The maximum Gasteiger partial charge on any atom is 0.328 e. The first-order valence-electron chi connectivity index (χ1n) is 5.63. The van der Waals surface area contributed by atoms with Gasteiger partial charge in [-0.1, -0.05) is 0 Å². The van der Waals surface area contributed by atoms with Crippen LogP contribution >= 0.6 is 0 Å². The van der Waals surface area contributed by atoms with Gasteiger partial charge in [0.25, 0.3) is 5.91 Å². The molecule has 1 aromatic rings. The van der Waals surface area contributed by atoms with E-state index in [4.69, 9.17) is 9.47 Å². The van der Waals surface area contributed by atoms with Gasteiger partial charge in [0, 0.05) is 11.6 Å². The molecule has 0 saturated heterocycles. The molecular formula is C13H17NO5. The number of esters is 1. The molecule has 0 saturated carbocycles. The summed E-state index contributed by atoms with van der Waals surface area (Å²) in [6.45, 7) is 1.54. The van der Waals surface area contributed by atoms with E-state index >= 15 is 0 Å². The molecule has 1 N–H and O–H groups in total. The van der Waals surface area contributed by atoms with Crippen LogP contribution in [0.15, 0.2) is 18.2 Å². The topological polar surface area (TPSA) is 73.9 Å². The van der Waals surface area contributed by atoms with E-state index in [1.165, 1.54) is 21.3 Å². The van der Waals surface area contributed by atoms with Crippen molar-refractivity contribution >= 4 is 11.9 Å². The van der Waals surface area contributed by atoms with E-state index in [1.807, 2.05) is 0 Å². The maximum absolute atomic E-state index is 12.0. The van der Waals surface area contributed by atoms with Gasteiger partial charge >= 0.3 is 5.97 Å². The van der Waals surface area contributed by atoms with E-state index in [1.54, 1.807) is 25.1 Å². The highest BCUT2D eigenvalue weighted by molar-refractivity contribution is 5.97. The van der Waals surface area contributed by atoms with Crippen molar-refractivity contribution in [2.24, 2.45) is 0 Å². The first kappa shape index (κ1) is 14.8. The quantitative estimate of drug-likeness (QED) is 0.805. The van der Waals surface area contributed by atoms with Gasteiger partial charge in [-0.2, -0.15) is 0 Å². The van der Waals surface area contributed by atoms with Gasteiger partial charge in [0.05, 0.1) is 21.3 Å². The lowest BCUT2D eigenvalue weighted by atomic mass is 10.1. The Hall–Kier alpha value is -2.24. The van der Waals surface area contributed by atoms with Crippen LogP contribution in [0.5, 0.6) is 11.5 Å². The van der Waals surface area contributed by atoms with Gasteiger partial charge in [-0.3, -0.25) is 4.79 Å². The monoisotopic (exact) mass is 267 g/mol.